The van der Waals surface area contributed by atoms with Gasteiger partial charge in [-0.05, 0) is 26.0 Å². The SMILES string of the molecule is CCCNCc1cc(COC)oc1C. The standard InChI is InChI=1S/C11H19NO2/c1-4-5-12-7-10-6-11(8-13-3)14-9(10)2/h6,12H,4-5,7-8H2,1-3H3. The molecule has 0 radical (unpaired) electrons. The molecule has 0 amide bonds. The van der Waals surface area contributed by atoms with E-state index in [9.17, 15) is 0 Å². The van der Waals surface area contributed by atoms with Crippen molar-refractivity contribution < 1.29 is 9.15 Å². The van der Waals surface area contributed by atoms with Gasteiger partial charge in [-0.15, -0.1) is 0 Å². The second kappa shape index (κ2) is 5.83. The van der Waals surface area contributed by atoms with Crippen molar-refractivity contribution in [3.8, 4) is 0 Å². The Labute approximate surface area is 85.4 Å². The van der Waals surface area contributed by atoms with E-state index in [2.05, 4.69) is 18.3 Å². The molecule has 3 nitrogen and oxygen atoms in total. The van der Waals surface area contributed by atoms with Crippen LogP contribution < -0.4 is 5.32 Å². The Kier molecular flexibility index (Phi) is 4.70. The van der Waals surface area contributed by atoms with E-state index in [0.717, 1.165) is 31.0 Å². The number of ether oxygens (including phenoxy) is 1. The predicted molar refractivity (Wildman–Crippen MR) is 56.2 cm³/mol. The molecule has 0 aliphatic rings. The first-order valence-electron chi connectivity index (χ1n) is 5.05. The molecule has 1 aromatic rings. The van der Waals surface area contributed by atoms with Gasteiger partial charge >= 0.3 is 0 Å². The van der Waals surface area contributed by atoms with Gasteiger partial charge < -0.3 is 14.5 Å². The Bertz CT molecular complexity index is 268. The molecule has 1 heterocycles. The van der Waals surface area contributed by atoms with Crippen LogP contribution in [0.25, 0.3) is 0 Å². The summed E-state index contributed by atoms with van der Waals surface area (Å²) in [4.78, 5) is 0. The monoisotopic (exact) mass is 197 g/mol. The van der Waals surface area contributed by atoms with E-state index in [-0.39, 0.29) is 0 Å². The summed E-state index contributed by atoms with van der Waals surface area (Å²) in [5, 5.41) is 3.35. The lowest BCUT2D eigenvalue weighted by Gasteiger charge is -1.99. The Hall–Kier alpha value is -0.800. The molecule has 1 rings (SSSR count). The minimum atomic E-state index is 0.550. The smallest absolute Gasteiger partial charge is 0.130 e. The van der Waals surface area contributed by atoms with Crippen LogP contribution in [0.2, 0.25) is 0 Å². The Morgan fingerprint density at radius 1 is 1.50 bits per heavy atom. The average Bonchev–Trinajstić information content (AvgIpc) is 2.48. The zero-order chi connectivity index (χ0) is 10.4. The minimum Gasteiger partial charge on any atom is -0.464 e. The topological polar surface area (TPSA) is 34.4 Å². The highest BCUT2D eigenvalue weighted by atomic mass is 16.5. The Balaban J connectivity index is 2.49. The number of hydrogen-bond donors (Lipinski definition) is 1. The van der Waals surface area contributed by atoms with Gasteiger partial charge in [0.1, 0.15) is 18.1 Å². The molecule has 0 spiro atoms. The van der Waals surface area contributed by atoms with Crippen LogP contribution in [0.4, 0.5) is 0 Å². The van der Waals surface area contributed by atoms with Crippen LogP contribution in [0.5, 0.6) is 0 Å². The van der Waals surface area contributed by atoms with Gasteiger partial charge in [-0.3, -0.25) is 0 Å². The highest BCUT2D eigenvalue weighted by Crippen LogP contribution is 2.14. The van der Waals surface area contributed by atoms with E-state index in [1.54, 1.807) is 7.11 Å². The molecule has 0 fully saturated rings. The summed E-state index contributed by atoms with van der Waals surface area (Å²) in [5.74, 6) is 1.89. The minimum absolute atomic E-state index is 0.550. The predicted octanol–water partition coefficient (Wildman–Crippen LogP) is 2.23. The van der Waals surface area contributed by atoms with Gasteiger partial charge in [0, 0.05) is 19.2 Å². The second-order valence-corrected chi connectivity index (χ2v) is 3.40. The molecule has 0 saturated carbocycles. The lowest BCUT2D eigenvalue weighted by atomic mass is 10.2. The third-order valence-corrected chi connectivity index (χ3v) is 2.10. The fourth-order valence-corrected chi connectivity index (χ4v) is 1.38. The van der Waals surface area contributed by atoms with Crippen LogP contribution in [-0.4, -0.2) is 13.7 Å². The molecule has 14 heavy (non-hydrogen) atoms. The average molecular weight is 197 g/mol. The molecule has 3 heteroatoms. The van der Waals surface area contributed by atoms with Crippen molar-refractivity contribution in [3.05, 3.63) is 23.2 Å². The van der Waals surface area contributed by atoms with Crippen LogP contribution in [-0.2, 0) is 17.9 Å². The van der Waals surface area contributed by atoms with Crippen molar-refractivity contribution in [2.45, 2.75) is 33.4 Å². The number of rotatable bonds is 6. The first-order valence-corrected chi connectivity index (χ1v) is 5.05. The van der Waals surface area contributed by atoms with Crippen LogP contribution in [0.1, 0.15) is 30.4 Å². The normalized spacial score (nSPS) is 10.8. The molecule has 1 aromatic heterocycles. The molecule has 0 aliphatic carbocycles. The maximum absolute atomic E-state index is 5.52. The number of nitrogens with one attached hydrogen (secondary N) is 1. The molecule has 0 saturated heterocycles. The van der Waals surface area contributed by atoms with Crippen molar-refractivity contribution in [2.24, 2.45) is 0 Å². The third kappa shape index (κ3) is 3.16. The lowest BCUT2D eigenvalue weighted by Crippen LogP contribution is -2.13. The molecular formula is C11H19NO2. The number of furan rings is 1. The van der Waals surface area contributed by atoms with Crippen molar-refractivity contribution >= 4 is 0 Å². The lowest BCUT2D eigenvalue weighted by molar-refractivity contribution is 0.163. The van der Waals surface area contributed by atoms with Gasteiger partial charge in [-0.25, -0.2) is 0 Å². The van der Waals surface area contributed by atoms with Crippen molar-refractivity contribution in [1.29, 1.82) is 0 Å². The molecule has 80 valence electrons. The van der Waals surface area contributed by atoms with Crippen LogP contribution >= 0.6 is 0 Å². The molecule has 0 aromatic carbocycles. The summed E-state index contributed by atoms with van der Waals surface area (Å²) in [6.45, 7) is 6.62. The van der Waals surface area contributed by atoms with Crippen LogP contribution in [0.15, 0.2) is 10.5 Å². The van der Waals surface area contributed by atoms with Gasteiger partial charge in [0.2, 0.25) is 0 Å². The van der Waals surface area contributed by atoms with Gasteiger partial charge in [-0.1, -0.05) is 6.92 Å². The largest absolute Gasteiger partial charge is 0.464 e. The van der Waals surface area contributed by atoms with Gasteiger partial charge in [0.25, 0.3) is 0 Å². The molecule has 1 N–H and O–H groups in total. The maximum atomic E-state index is 5.52. The highest BCUT2D eigenvalue weighted by Gasteiger charge is 2.05. The first kappa shape index (κ1) is 11.3. The van der Waals surface area contributed by atoms with E-state index in [0.29, 0.717) is 6.61 Å². The van der Waals surface area contributed by atoms with E-state index in [4.69, 9.17) is 9.15 Å². The summed E-state index contributed by atoms with van der Waals surface area (Å²) in [6, 6.07) is 2.06. The molecule has 0 atom stereocenters. The van der Waals surface area contributed by atoms with Gasteiger partial charge in [0.05, 0.1) is 0 Å². The van der Waals surface area contributed by atoms with Crippen molar-refractivity contribution in [3.63, 3.8) is 0 Å². The number of aryl methyl sites for hydroxylation is 1. The summed E-state index contributed by atoms with van der Waals surface area (Å²) < 4.78 is 10.5. The third-order valence-electron chi connectivity index (χ3n) is 2.10. The number of hydrogen-bond acceptors (Lipinski definition) is 3. The van der Waals surface area contributed by atoms with Crippen molar-refractivity contribution in [2.75, 3.05) is 13.7 Å². The summed E-state index contributed by atoms with van der Waals surface area (Å²) in [6.07, 6.45) is 1.15. The fraction of sp³-hybridized carbons (Fsp3) is 0.636. The van der Waals surface area contributed by atoms with Gasteiger partial charge in [0.15, 0.2) is 0 Å². The van der Waals surface area contributed by atoms with E-state index < -0.39 is 0 Å². The van der Waals surface area contributed by atoms with Gasteiger partial charge in [-0.2, -0.15) is 0 Å². The first-order chi connectivity index (χ1) is 6.77. The zero-order valence-electron chi connectivity index (χ0n) is 9.22. The summed E-state index contributed by atoms with van der Waals surface area (Å²) >= 11 is 0. The maximum Gasteiger partial charge on any atom is 0.130 e. The fourth-order valence-electron chi connectivity index (χ4n) is 1.38. The zero-order valence-corrected chi connectivity index (χ0v) is 9.22. The van der Waals surface area contributed by atoms with E-state index >= 15 is 0 Å². The molecule has 0 unspecified atom stereocenters. The summed E-state index contributed by atoms with van der Waals surface area (Å²) in [7, 11) is 1.67. The summed E-state index contributed by atoms with van der Waals surface area (Å²) in [5.41, 5.74) is 1.23. The Morgan fingerprint density at radius 3 is 2.93 bits per heavy atom. The van der Waals surface area contributed by atoms with E-state index in [1.165, 1.54) is 5.56 Å². The second-order valence-electron chi connectivity index (χ2n) is 3.40. The molecular weight excluding hydrogens is 178 g/mol. The van der Waals surface area contributed by atoms with Crippen molar-refractivity contribution in [1.82, 2.24) is 5.32 Å². The highest BCUT2D eigenvalue weighted by molar-refractivity contribution is 5.20. The van der Waals surface area contributed by atoms with Crippen LogP contribution in [0, 0.1) is 6.92 Å². The Morgan fingerprint density at radius 2 is 2.29 bits per heavy atom. The van der Waals surface area contributed by atoms with Crippen LogP contribution in [0.3, 0.4) is 0 Å². The number of methoxy groups -OCH3 is 1. The molecule has 0 bridgehead atoms. The van der Waals surface area contributed by atoms with E-state index in [1.807, 2.05) is 6.92 Å². The quantitative estimate of drug-likeness (QED) is 0.710. The molecule has 0 aliphatic heterocycles.